The number of nitriles is 2. The summed E-state index contributed by atoms with van der Waals surface area (Å²) in [6.07, 6.45) is 0.746. The second-order valence-corrected chi connectivity index (χ2v) is 10.8. The van der Waals surface area contributed by atoms with Gasteiger partial charge in [0.25, 0.3) is 0 Å². The number of rotatable bonds is 1. The zero-order chi connectivity index (χ0) is 24.4. The number of nitrogens with zero attached hydrogens (tertiary/aromatic N) is 2. The van der Waals surface area contributed by atoms with Crippen LogP contribution in [0.2, 0.25) is 0 Å². The van der Waals surface area contributed by atoms with E-state index in [4.69, 9.17) is 26.4 Å². The van der Waals surface area contributed by atoms with Crippen LogP contribution in [0.4, 0.5) is 0 Å². The first-order valence-corrected chi connectivity index (χ1v) is 12.4. The number of nitrogens with one attached hydrogen (secondary N) is 2. The smallest absolute Gasteiger partial charge is 0.212 e. The molecule has 0 bridgehead atoms. The van der Waals surface area contributed by atoms with Crippen LogP contribution in [0.3, 0.4) is 0 Å². The summed E-state index contributed by atoms with van der Waals surface area (Å²) in [4.78, 5) is 1.24. The van der Waals surface area contributed by atoms with Crippen LogP contribution in [-0.2, 0) is 0 Å². The van der Waals surface area contributed by atoms with Gasteiger partial charge in [0.1, 0.15) is 17.7 Å². The lowest BCUT2D eigenvalue weighted by Gasteiger charge is -2.54. The molecule has 1 saturated heterocycles. The van der Waals surface area contributed by atoms with Crippen molar-refractivity contribution in [2.24, 2.45) is 0 Å². The first kappa shape index (κ1) is 21.7. The van der Waals surface area contributed by atoms with Crippen molar-refractivity contribution in [3.8, 4) is 40.9 Å². The molecule has 0 radical (unpaired) electrons. The van der Waals surface area contributed by atoms with Crippen molar-refractivity contribution in [1.29, 1.82) is 10.5 Å². The molecule has 174 valence electrons. The summed E-state index contributed by atoms with van der Waals surface area (Å²) in [5.41, 5.74) is 0.391. The van der Waals surface area contributed by atoms with Crippen LogP contribution in [0.15, 0.2) is 41.8 Å². The number of benzene rings is 2. The van der Waals surface area contributed by atoms with Crippen molar-refractivity contribution < 1.29 is 14.2 Å². The van der Waals surface area contributed by atoms with E-state index < -0.39 is 11.1 Å². The van der Waals surface area contributed by atoms with Gasteiger partial charge < -0.3 is 24.8 Å². The van der Waals surface area contributed by atoms with Gasteiger partial charge in [-0.1, -0.05) is 12.1 Å². The normalized spacial score (nSPS) is 23.0. The maximum Gasteiger partial charge on any atom is 0.212 e. The maximum absolute atomic E-state index is 9.48. The Morgan fingerprint density at radius 1 is 1.03 bits per heavy atom. The molecule has 0 unspecified atom stereocenters. The lowest BCUT2D eigenvalue weighted by Crippen LogP contribution is -2.74. The van der Waals surface area contributed by atoms with Crippen LogP contribution in [0, 0.1) is 22.7 Å². The molecule has 1 spiro atoms. The highest BCUT2D eigenvalue weighted by Crippen LogP contribution is 2.58. The van der Waals surface area contributed by atoms with Gasteiger partial charge in [-0.05, 0) is 43.6 Å². The minimum atomic E-state index is -0.627. The molecule has 0 saturated carbocycles. The maximum atomic E-state index is 9.48. The zero-order valence-electron chi connectivity index (χ0n) is 19.0. The van der Waals surface area contributed by atoms with Crippen molar-refractivity contribution in [2.75, 3.05) is 6.54 Å². The number of ether oxygens (including phenoxy) is 3. The van der Waals surface area contributed by atoms with Gasteiger partial charge in [0.2, 0.25) is 5.75 Å². The van der Waals surface area contributed by atoms with E-state index in [1.165, 1.54) is 17.0 Å². The van der Waals surface area contributed by atoms with E-state index in [2.05, 4.69) is 48.1 Å². The van der Waals surface area contributed by atoms with E-state index in [1.54, 1.807) is 11.3 Å². The minimum Gasteiger partial charge on any atom is -0.479 e. The molecule has 1 aromatic heterocycles. The van der Waals surface area contributed by atoms with E-state index in [-0.39, 0.29) is 17.0 Å². The molecule has 0 aliphatic carbocycles. The third-order valence-corrected chi connectivity index (χ3v) is 8.29. The predicted octanol–water partition coefficient (Wildman–Crippen LogP) is 5.30. The average Bonchev–Trinajstić information content (AvgIpc) is 3.38. The molecule has 2 aromatic carbocycles. The molecule has 3 aliphatic rings. The van der Waals surface area contributed by atoms with E-state index >= 15 is 0 Å². The molecule has 0 amide bonds. The Labute approximate surface area is 211 Å². The van der Waals surface area contributed by atoms with Gasteiger partial charge in [0.15, 0.2) is 28.1 Å². The van der Waals surface area contributed by atoms with Crippen molar-refractivity contribution >= 4 is 28.7 Å². The summed E-state index contributed by atoms with van der Waals surface area (Å²) in [5, 5.41) is 28.2. The Bertz CT molecular complexity index is 1470. The SMILES string of the molecule is CC1(C)NC(=S)NC[C@]12C[C@H](c1cccs1)c1ccc3c(c1O2)Oc1cc(C#N)c(C#N)cc1O3. The third kappa shape index (κ3) is 3.23. The van der Waals surface area contributed by atoms with E-state index in [9.17, 15) is 10.5 Å². The fourth-order valence-corrected chi connectivity index (χ4v) is 6.22. The highest BCUT2D eigenvalue weighted by molar-refractivity contribution is 7.80. The Morgan fingerprint density at radius 3 is 2.43 bits per heavy atom. The lowest BCUT2D eigenvalue weighted by atomic mass is 9.71. The Morgan fingerprint density at radius 2 is 1.77 bits per heavy atom. The Kier molecular flexibility index (Phi) is 4.72. The van der Waals surface area contributed by atoms with Crippen molar-refractivity contribution in [1.82, 2.24) is 10.6 Å². The number of thiophene rings is 1. The highest BCUT2D eigenvalue weighted by atomic mass is 32.1. The number of hydrogen-bond donors (Lipinski definition) is 2. The Balaban J connectivity index is 1.51. The molecular formula is C26H20N4O3S2. The molecular weight excluding hydrogens is 480 g/mol. The number of thiocarbonyl (C=S) groups is 1. The van der Waals surface area contributed by atoms with Gasteiger partial charge >= 0.3 is 0 Å². The fraction of sp³-hybridized carbons (Fsp3) is 0.269. The summed E-state index contributed by atoms with van der Waals surface area (Å²) < 4.78 is 19.3. The first-order valence-electron chi connectivity index (χ1n) is 11.1. The monoisotopic (exact) mass is 500 g/mol. The second kappa shape index (κ2) is 7.61. The quantitative estimate of drug-likeness (QED) is 0.340. The van der Waals surface area contributed by atoms with Crippen LogP contribution in [0.1, 0.15) is 47.8 Å². The van der Waals surface area contributed by atoms with E-state index in [0.29, 0.717) is 40.4 Å². The van der Waals surface area contributed by atoms with Gasteiger partial charge in [-0.2, -0.15) is 10.5 Å². The van der Waals surface area contributed by atoms with Crippen LogP contribution in [0.5, 0.6) is 28.7 Å². The number of fused-ring (bicyclic) bond motifs is 4. The summed E-state index contributed by atoms with van der Waals surface area (Å²) >= 11 is 7.12. The topological polar surface area (TPSA) is 99.3 Å². The third-order valence-electron chi connectivity index (χ3n) is 7.06. The van der Waals surface area contributed by atoms with Gasteiger partial charge in [0.05, 0.1) is 23.2 Å². The van der Waals surface area contributed by atoms with Gasteiger partial charge in [-0.15, -0.1) is 11.3 Å². The molecule has 7 nitrogen and oxygen atoms in total. The fourth-order valence-electron chi connectivity index (χ4n) is 5.05. The summed E-state index contributed by atoms with van der Waals surface area (Å²) in [6, 6.07) is 15.3. The molecule has 4 heterocycles. The summed E-state index contributed by atoms with van der Waals surface area (Å²) in [5.74, 6) is 2.42. The molecule has 2 N–H and O–H groups in total. The molecule has 3 aliphatic heterocycles. The number of hydrogen-bond acceptors (Lipinski definition) is 7. The molecule has 9 heteroatoms. The predicted molar refractivity (Wildman–Crippen MR) is 134 cm³/mol. The average molecular weight is 501 g/mol. The molecule has 2 atom stereocenters. The van der Waals surface area contributed by atoms with Gasteiger partial charge in [-0.3, -0.25) is 0 Å². The second-order valence-electron chi connectivity index (χ2n) is 9.38. The molecule has 6 rings (SSSR count). The van der Waals surface area contributed by atoms with Crippen molar-refractivity contribution in [2.45, 2.75) is 37.3 Å². The van der Waals surface area contributed by atoms with Crippen molar-refractivity contribution in [3.05, 3.63) is 63.3 Å². The van der Waals surface area contributed by atoms with Crippen LogP contribution in [0.25, 0.3) is 0 Å². The summed E-state index contributed by atoms with van der Waals surface area (Å²) in [6.45, 7) is 4.74. The van der Waals surface area contributed by atoms with Crippen LogP contribution in [-0.4, -0.2) is 22.8 Å². The standard InChI is InChI=1S/C26H20N4O3S2/c1-25(2)26(13-29-24(34)30-25)10-17(21-4-3-7-35-21)16-5-6-18-23(22(16)33-26)32-20-9-15(12-28)14(11-27)8-19(20)31-18/h3-9,17H,10,13H2,1-2H3,(H2,29,30,34)/t17-,26+/m0/s1. The Hall–Kier alpha value is -3.79. The van der Waals surface area contributed by atoms with E-state index in [1.807, 2.05) is 18.2 Å². The summed E-state index contributed by atoms with van der Waals surface area (Å²) in [7, 11) is 0. The van der Waals surface area contributed by atoms with E-state index in [0.717, 1.165) is 12.0 Å². The molecule has 3 aromatic rings. The largest absolute Gasteiger partial charge is 0.479 e. The van der Waals surface area contributed by atoms with Crippen molar-refractivity contribution in [3.63, 3.8) is 0 Å². The highest BCUT2D eigenvalue weighted by Gasteiger charge is 2.55. The van der Waals surface area contributed by atoms with Gasteiger partial charge in [0, 0.05) is 34.9 Å². The first-order chi connectivity index (χ1) is 16.8. The molecule has 1 fully saturated rings. The molecule has 35 heavy (non-hydrogen) atoms. The zero-order valence-corrected chi connectivity index (χ0v) is 20.6. The van der Waals surface area contributed by atoms with Gasteiger partial charge in [-0.25, -0.2) is 0 Å². The minimum absolute atomic E-state index is 0.0826. The van der Waals surface area contributed by atoms with Crippen LogP contribution >= 0.6 is 23.6 Å². The van der Waals surface area contributed by atoms with Crippen LogP contribution < -0.4 is 24.8 Å². The lowest BCUT2D eigenvalue weighted by molar-refractivity contribution is -0.0327.